The van der Waals surface area contributed by atoms with Gasteiger partial charge in [-0.15, -0.1) is 0 Å². The van der Waals surface area contributed by atoms with Crippen molar-refractivity contribution in [2.75, 3.05) is 11.5 Å². The summed E-state index contributed by atoms with van der Waals surface area (Å²) in [4.78, 5) is 4.27. The summed E-state index contributed by atoms with van der Waals surface area (Å²) in [5.41, 5.74) is 7.57. The predicted octanol–water partition coefficient (Wildman–Crippen LogP) is 1.96. The number of sulfone groups is 1. The maximum atomic E-state index is 11.9. The zero-order valence-corrected chi connectivity index (χ0v) is 12.6. The van der Waals surface area contributed by atoms with E-state index in [0.29, 0.717) is 18.9 Å². The molecule has 1 saturated heterocycles. The molecule has 1 fully saturated rings. The molecule has 3 rings (SSSR count). The van der Waals surface area contributed by atoms with Gasteiger partial charge >= 0.3 is 0 Å². The van der Waals surface area contributed by atoms with E-state index in [1.807, 2.05) is 18.2 Å². The van der Waals surface area contributed by atoms with Crippen molar-refractivity contribution in [3.63, 3.8) is 0 Å². The Morgan fingerprint density at radius 1 is 1.47 bits per heavy atom. The third-order valence-electron chi connectivity index (χ3n) is 3.59. The highest BCUT2D eigenvalue weighted by molar-refractivity contribution is 9.10. The average molecular weight is 344 g/mol. The smallest absolute Gasteiger partial charge is 0.201 e. The van der Waals surface area contributed by atoms with Crippen LogP contribution in [0.1, 0.15) is 12.8 Å². The van der Waals surface area contributed by atoms with Gasteiger partial charge in [0.15, 0.2) is 9.84 Å². The van der Waals surface area contributed by atoms with Gasteiger partial charge in [-0.2, -0.15) is 0 Å². The minimum absolute atomic E-state index is 0.286. The van der Waals surface area contributed by atoms with E-state index in [-0.39, 0.29) is 11.0 Å². The van der Waals surface area contributed by atoms with Crippen LogP contribution in [-0.4, -0.2) is 29.0 Å². The predicted molar refractivity (Wildman–Crippen MR) is 78.7 cm³/mol. The molecule has 0 aliphatic carbocycles. The van der Waals surface area contributed by atoms with Gasteiger partial charge in [-0.3, -0.25) is 0 Å². The monoisotopic (exact) mass is 343 g/mol. The first-order valence-electron chi connectivity index (χ1n) is 6.10. The van der Waals surface area contributed by atoms with Crippen LogP contribution in [0, 0.1) is 0 Å². The molecule has 2 N–H and O–H groups in total. The highest BCUT2D eigenvalue weighted by Crippen LogP contribution is 2.27. The van der Waals surface area contributed by atoms with Crippen LogP contribution < -0.4 is 5.73 Å². The first-order valence-corrected chi connectivity index (χ1v) is 8.61. The number of rotatable bonds is 2. The van der Waals surface area contributed by atoms with Crippen molar-refractivity contribution in [1.82, 2.24) is 9.55 Å². The van der Waals surface area contributed by atoms with Gasteiger partial charge in [0.2, 0.25) is 5.95 Å². The molecule has 102 valence electrons. The van der Waals surface area contributed by atoms with Crippen molar-refractivity contribution in [3.05, 3.63) is 22.7 Å². The standard InChI is InChI=1S/C12H14BrN3O2S/c13-8-3-4-10-11(6-8)16(12(14)15-10)7-9-2-1-5-19(9,17)18/h3-4,6,9H,1-2,5,7H2,(H2,14,15). The van der Waals surface area contributed by atoms with Crippen LogP contribution >= 0.6 is 15.9 Å². The van der Waals surface area contributed by atoms with Crippen LogP contribution in [0.25, 0.3) is 11.0 Å². The summed E-state index contributed by atoms with van der Waals surface area (Å²) in [5.74, 6) is 0.656. The molecule has 2 aromatic rings. The Bertz CT molecular complexity index is 739. The molecule has 7 heteroatoms. The molecular formula is C12H14BrN3O2S. The zero-order valence-electron chi connectivity index (χ0n) is 10.2. The first kappa shape index (κ1) is 12.9. The fourth-order valence-electron chi connectivity index (χ4n) is 2.57. The van der Waals surface area contributed by atoms with E-state index in [4.69, 9.17) is 5.73 Å². The fraction of sp³-hybridized carbons (Fsp3) is 0.417. The topological polar surface area (TPSA) is 78.0 Å². The molecule has 1 aromatic heterocycles. The van der Waals surface area contributed by atoms with Crippen molar-refractivity contribution in [3.8, 4) is 0 Å². The Morgan fingerprint density at radius 2 is 2.26 bits per heavy atom. The number of halogens is 1. The Balaban J connectivity index is 2.05. The summed E-state index contributed by atoms with van der Waals surface area (Å²) < 4.78 is 26.6. The summed E-state index contributed by atoms with van der Waals surface area (Å²) >= 11 is 3.41. The summed E-state index contributed by atoms with van der Waals surface area (Å²) in [5, 5.41) is -0.341. The molecule has 1 unspecified atom stereocenters. The second-order valence-corrected chi connectivity index (χ2v) is 8.16. The quantitative estimate of drug-likeness (QED) is 0.903. The summed E-state index contributed by atoms with van der Waals surface area (Å²) in [6.07, 6.45) is 1.44. The lowest BCUT2D eigenvalue weighted by Crippen LogP contribution is -2.23. The number of hydrogen-bond acceptors (Lipinski definition) is 4. The molecular weight excluding hydrogens is 330 g/mol. The van der Waals surface area contributed by atoms with E-state index < -0.39 is 9.84 Å². The number of nitrogen functional groups attached to an aromatic ring is 1. The van der Waals surface area contributed by atoms with Gasteiger partial charge in [0.1, 0.15) is 0 Å². The molecule has 0 bridgehead atoms. The van der Waals surface area contributed by atoms with Gasteiger partial charge in [0.05, 0.1) is 22.0 Å². The molecule has 0 saturated carbocycles. The number of fused-ring (bicyclic) bond motifs is 1. The second kappa shape index (κ2) is 4.49. The molecule has 0 amide bonds. The number of benzene rings is 1. The van der Waals surface area contributed by atoms with Crippen LogP contribution in [-0.2, 0) is 16.4 Å². The molecule has 1 aliphatic heterocycles. The molecule has 2 heterocycles. The van der Waals surface area contributed by atoms with E-state index in [2.05, 4.69) is 20.9 Å². The normalized spacial score (nSPS) is 22.1. The summed E-state index contributed by atoms with van der Waals surface area (Å²) in [6.45, 7) is 0.390. The first-order chi connectivity index (χ1) is 8.97. The lowest BCUT2D eigenvalue weighted by atomic mass is 10.2. The molecule has 1 atom stereocenters. The Hall–Kier alpha value is -1.08. The maximum absolute atomic E-state index is 11.9. The van der Waals surface area contributed by atoms with Gasteiger partial charge in [-0.1, -0.05) is 15.9 Å². The van der Waals surface area contributed by atoms with E-state index in [1.165, 1.54) is 0 Å². The highest BCUT2D eigenvalue weighted by Gasteiger charge is 2.32. The second-order valence-electron chi connectivity index (χ2n) is 4.84. The zero-order chi connectivity index (χ0) is 13.6. The van der Waals surface area contributed by atoms with Crippen LogP contribution in [0.3, 0.4) is 0 Å². The van der Waals surface area contributed by atoms with E-state index >= 15 is 0 Å². The van der Waals surface area contributed by atoms with Crippen molar-refractivity contribution >= 4 is 42.7 Å². The molecule has 1 aromatic carbocycles. The van der Waals surface area contributed by atoms with E-state index in [9.17, 15) is 8.42 Å². The van der Waals surface area contributed by atoms with Crippen LogP contribution in [0.2, 0.25) is 0 Å². The van der Waals surface area contributed by atoms with Crippen molar-refractivity contribution in [2.45, 2.75) is 24.6 Å². The number of anilines is 1. The molecule has 19 heavy (non-hydrogen) atoms. The number of imidazole rings is 1. The molecule has 0 radical (unpaired) electrons. The van der Waals surface area contributed by atoms with Crippen molar-refractivity contribution in [1.29, 1.82) is 0 Å². The summed E-state index contributed by atoms with van der Waals surface area (Å²) in [6, 6.07) is 5.68. The Morgan fingerprint density at radius 3 is 2.95 bits per heavy atom. The largest absolute Gasteiger partial charge is 0.369 e. The number of nitrogens with zero attached hydrogens (tertiary/aromatic N) is 2. The maximum Gasteiger partial charge on any atom is 0.201 e. The molecule has 1 aliphatic rings. The summed E-state index contributed by atoms with van der Waals surface area (Å²) in [7, 11) is -2.97. The van der Waals surface area contributed by atoms with Crippen molar-refractivity contribution < 1.29 is 8.42 Å². The van der Waals surface area contributed by atoms with Crippen LogP contribution in [0.4, 0.5) is 5.95 Å². The third-order valence-corrected chi connectivity index (χ3v) is 6.34. The minimum atomic E-state index is -2.97. The molecule has 0 spiro atoms. The van der Waals surface area contributed by atoms with Crippen molar-refractivity contribution in [2.24, 2.45) is 0 Å². The average Bonchev–Trinajstić information content (AvgIpc) is 2.82. The third kappa shape index (κ3) is 2.25. The van der Waals surface area contributed by atoms with Gasteiger partial charge in [-0.25, -0.2) is 13.4 Å². The minimum Gasteiger partial charge on any atom is -0.369 e. The Kier molecular flexibility index (Phi) is 3.05. The SMILES string of the molecule is Nc1nc2ccc(Br)cc2n1CC1CCCS1(=O)=O. The van der Waals surface area contributed by atoms with Crippen LogP contribution in [0.15, 0.2) is 22.7 Å². The van der Waals surface area contributed by atoms with Gasteiger partial charge in [0.25, 0.3) is 0 Å². The lowest BCUT2D eigenvalue weighted by Gasteiger charge is -2.12. The van der Waals surface area contributed by atoms with Gasteiger partial charge in [0, 0.05) is 11.0 Å². The highest BCUT2D eigenvalue weighted by atomic mass is 79.9. The number of nitrogens with two attached hydrogens (primary N) is 1. The number of aromatic nitrogens is 2. The molecule has 5 nitrogen and oxygen atoms in total. The fourth-order valence-corrected chi connectivity index (χ4v) is 4.73. The van der Waals surface area contributed by atoms with E-state index in [0.717, 1.165) is 21.9 Å². The van der Waals surface area contributed by atoms with E-state index in [1.54, 1.807) is 4.57 Å². The number of hydrogen-bond donors (Lipinski definition) is 1. The van der Waals surface area contributed by atoms with Gasteiger partial charge < -0.3 is 10.3 Å². The van der Waals surface area contributed by atoms with Crippen LogP contribution in [0.5, 0.6) is 0 Å². The lowest BCUT2D eigenvalue weighted by molar-refractivity contribution is 0.571. The van der Waals surface area contributed by atoms with Gasteiger partial charge in [-0.05, 0) is 31.0 Å². The Labute approximate surface area is 119 Å².